The van der Waals surface area contributed by atoms with Crippen molar-refractivity contribution < 1.29 is 0 Å². The summed E-state index contributed by atoms with van der Waals surface area (Å²) in [6.07, 6.45) is 4.66. The fourth-order valence-corrected chi connectivity index (χ4v) is 2.01. The van der Waals surface area contributed by atoms with Gasteiger partial charge in [-0.15, -0.1) is 0 Å². The van der Waals surface area contributed by atoms with Gasteiger partial charge in [-0.05, 0) is 22.0 Å². The van der Waals surface area contributed by atoms with Crippen molar-refractivity contribution in [2.45, 2.75) is 6.42 Å². The van der Waals surface area contributed by atoms with Gasteiger partial charge in [0.05, 0.1) is 11.4 Å². The van der Waals surface area contributed by atoms with Crippen molar-refractivity contribution in [2.75, 3.05) is 0 Å². The Balaban J connectivity index is 2.31. The van der Waals surface area contributed by atoms with Crippen LogP contribution in [0, 0.1) is 0 Å². The lowest BCUT2D eigenvalue weighted by Crippen LogP contribution is -1.86. The van der Waals surface area contributed by atoms with E-state index in [9.17, 15) is 0 Å². The second-order valence-corrected chi connectivity index (χ2v) is 4.00. The maximum absolute atomic E-state index is 4.34. The average Bonchev–Trinajstić information content (AvgIpc) is 2.64. The first kappa shape index (κ1) is 7.26. The van der Waals surface area contributed by atoms with Gasteiger partial charge in [-0.2, -0.15) is 5.10 Å². The van der Waals surface area contributed by atoms with Crippen molar-refractivity contribution in [2.24, 2.45) is 0 Å². The minimum atomic E-state index is 0.897. The highest BCUT2D eigenvalue weighted by Crippen LogP contribution is 2.34. The Morgan fingerprint density at radius 2 is 2.38 bits per heavy atom. The highest BCUT2D eigenvalue weighted by Gasteiger charge is 2.21. The molecule has 2 heterocycles. The molecule has 0 amide bonds. The van der Waals surface area contributed by atoms with Crippen molar-refractivity contribution in [1.29, 1.82) is 0 Å². The summed E-state index contributed by atoms with van der Waals surface area (Å²) in [5.74, 6) is 0. The van der Waals surface area contributed by atoms with Gasteiger partial charge in [0.15, 0.2) is 0 Å². The molecule has 0 aliphatic heterocycles. The van der Waals surface area contributed by atoms with E-state index in [1.165, 1.54) is 5.56 Å². The van der Waals surface area contributed by atoms with Crippen LogP contribution in [0.15, 0.2) is 22.9 Å². The number of halogens is 1. The molecular formula is C9H6BrN3. The number of aromatic nitrogens is 3. The molecule has 13 heavy (non-hydrogen) atoms. The van der Waals surface area contributed by atoms with Gasteiger partial charge in [0, 0.05) is 34.4 Å². The predicted molar refractivity (Wildman–Crippen MR) is 52.3 cm³/mol. The lowest BCUT2D eigenvalue weighted by Gasteiger charge is -1.97. The molecule has 1 aliphatic rings. The first-order chi connectivity index (χ1) is 6.34. The van der Waals surface area contributed by atoms with Crippen LogP contribution < -0.4 is 0 Å². The zero-order valence-corrected chi connectivity index (χ0v) is 8.30. The van der Waals surface area contributed by atoms with E-state index < -0.39 is 0 Å². The Morgan fingerprint density at radius 1 is 1.46 bits per heavy atom. The predicted octanol–water partition coefficient (Wildman–Crippen LogP) is 2.14. The van der Waals surface area contributed by atoms with Gasteiger partial charge in [0.25, 0.3) is 0 Å². The maximum Gasteiger partial charge on any atom is 0.0975 e. The first-order valence-corrected chi connectivity index (χ1v) is 4.81. The van der Waals surface area contributed by atoms with E-state index in [2.05, 4.69) is 37.2 Å². The number of nitrogens with zero attached hydrogens (tertiary/aromatic N) is 2. The highest BCUT2D eigenvalue weighted by atomic mass is 79.9. The summed E-state index contributed by atoms with van der Waals surface area (Å²) in [6, 6.07) is 2.06. The Morgan fingerprint density at radius 3 is 3.31 bits per heavy atom. The van der Waals surface area contributed by atoms with Gasteiger partial charge in [-0.25, -0.2) is 0 Å². The van der Waals surface area contributed by atoms with Crippen molar-refractivity contribution in [3.05, 3.63) is 34.2 Å². The molecule has 1 N–H and O–H groups in total. The van der Waals surface area contributed by atoms with Crippen molar-refractivity contribution in [1.82, 2.24) is 15.2 Å². The number of pyridine rings is 1. The molecule has 1 aliphatic carbocycles. The van der Waals surface area contributed by atoms with E-state index in [0.29, 0.717) is 0 Å². The fourth-order valence-electron chi connectivity index (χ4n) is 1.68. The molecule has 3 nitrogen and oxygen atoms in total. The number of H-pyrrole nitrogens is 1. The molecule has 0 fully saturated rings. The minimum absolute atomic E-state index is 0.897. The molecule has 0 bridgehead atoms. The van der Waals surface area contributed by atoms with E-state index in [1.54, 1.807) is 0 Å². The summed E-state index contributed by atoms with van der Waals surface area (Å²) in [4.78, 5) is 4.34. The molecule has 0 aromatic carbocycles. The summed E-state index contributed by atoms with van der Waals surface area (Å²) in [5.41, 5.74) is 4.55. The molecule has 4 heteroatoms. The van der Waals surface area contributed by atoms with Gasteiger partial charge in [0.2, 0.25) is 0 Å². The van der Waals surface area contributed by atoms with Crippen molar-refractivity contribution in [3.63, 3.8) is 0 Å². The van der Waals surface area contributed by atoms with Gasteiger partial charge < -0.3 is 0 Å². The molecule has 0 unspecified atom stereocenters. The Hall–Kier alpha value is -1.16. The van der Waals surface area contributed by atoms with E-state index in [0.717, 1.165) is 27.8 Å². The van der Waals surface area contributed by atoms with Crippen LogP contribution in [0.3, 0.4) is 0 Å². The smallest absolute Gasteiger partial charge is 0.0975 e. The summed E-state index contributed by atoms with van der Waals surface area (Å²) in [5, 5.41) is 7.06. The molecule has 0 saturated heterocycles. The summed E-state index contributed by atoms with van der Waals surface area (Å²) in [7, 11) is 0. The monoisotopic (exact) mass is 235 g/mol. The van der Waals surface area contributed by atoms with E-state index >= 15 is 0 Å². The van der Waals surface area contributed by atoms with Gasteiger partial charge in [0.1, 0.15) is 0 Å². The average molecular weight is 236 g/mol. The van der Waals surface area contributed by atoms with Crippen LogP contribution in [0.25, 0.3) is 11.3 Å². The summed E-state index contributed by atoms with van der Waals surface area (Å²) >= 11 is 3.40. The Bertz CT molecular complexity index is 475. The Kier molecular flexibility index (Phi) is 1.35. The number of hydrogen-bond donors (Lipinski definition) is 1. The first-order valence-electron chi connectivity index (χ1n) is 4.02. The number of fused-ring (bicyclic) bond motifs is 3. The van der Waals surface area contributed by atoms with Crippen LogP contribution in [0.4, 0.5) is 0 Å². The summed E-state index contributed by atoms with van der Waals surface area (Å²) in [6.45, 7) is 0. The second-order valence-electron chi connectivity index (χ2n) is 3.08. The zero-order chi connectivity index (χ0) is 8.84. The summed E-state index contributed by atoms with van der Waals surface area (Å²) < 4.78 is 1.00. The van der Waals surface area contributed by atoms with Gasteiger partial charge >= 0.3 is 0 Å². The third-order valence-corrected chi connectivity index (χ3v) is 2.70. The Labute approximate surface area is 83.3 Å². The van der Waals surface area contributed by atoms with Crippen LogP contribution in [-0.2, 0) is 6.42 Å². The third-order valence-electron chi connectivity index (χ3n) is 2.27. The fraction of sp³-hybridized carbons (Fsp3) is 0.111. The van der Waals surface area contributed by atoms with Crippen LogP contribution >= 0.6 is 15.9 Å². The SMILES string of the molecule is Brc1cnc2c(c1)-c1n[nH]cc1C2. The molecular weight excluding hydrogens is 230 g/mol. The van der Waals surface area contributed by atoms with Gasteiger partial charge in [-0.3, -0.25) is 10.1 Å². The quantitative estimate of drug-likeness (QED) is 0.649. The molecule has 0 radical (unpaired) electrons. The van der Waals surface area contributed by atoms with Crippen LogP contribution in [0.1, 0.15) is 11.3 Å². The molecule has 0 atom stereocenters. The number of hydrogen-bond acceptors (Lipinski definition) is 2. The molecule has 64 valence electrons. The molecule has 0 saturated carbocycles. The van der Waals surface area contributed by atoms with Crippen molar-refractivity contribution >= 4 is 15.9 Å². The topological polar surface area (TPSA) is 41.6 Å². The molecule has 3 rings (SSSR count). The van der Waals surface area contributed by atoms with E-state index in [4.69, 9.17) is 0 Å². The molecule has 0 spiro atoms. The highest BCUT2D eigenvalue weighted by molar-refractivity contribution is 9.10. The second kappa shape index (κ2) is 2.42. The van der Waals surface area contributed by atoms with Gasteiger partial charge in [-0.1, -0.05) is 0 Å². The number of nitrogens with one attached hydrogen (secondary N) is 1. The van der Waals surface area contributed by atoms with E-state index in [-0.39, 0.29) is 0 Å². The standard InChI is InChI=1S/C9H6BrN3/c10-6-2-7-8(11-4-6)1-5-3-12-13-9(5)7/h2-4H,1H2,(H,12,13). The van der Waals surface area contributed by atoms with Crippen LogP contribution in [0.5, 0.6) is 0 Å². The number of rotatable bonds is 0. The maximum atomic E-state index is 4.34. The minimum Gasteiger partial charge on any atom is -0.285 e. The lowest BCUT2D eigenvalue weighted by molar-refractivity contribution is 1.07. The third kappa shape index (κ3) is 0.951. The molecule has 2 aromatic rings. The van der Waals surface area contributed by atoms with Crippen LogP contribution in [0.2, 0.25) is 0 Å². The lowest BCUT2D eigenvalue weighted by atomic mass is 10.2. The normalized spacial score (nSPS) is 12.7. The molecule has 2 aromatic heterocycles. The largest absolute Gasteiger partial charge is 0.285 e. The zero-order valence-electron chi connectivity index (χ0n) is 6.71. The van der Waals surface area contributed by atoms with Crippen molar-refractivity contribution in [3.8, 4) is 11.3 Å². The number of aromatic amines is 1. The van der Waals surface area contributed by atoms with Crippen LogP contribution in [-0.4, -0.2) is 15.2 Å². The van der Waals surface area contributed by atoms with E-state index in [1.807, 2.05) is 12.4 Å².